The molecule has 3 aromatic carbocycles. The fraction of sp³-hybridized carbons (Fsp3) is 0.500. The van der Waals surface area contributed by atoms with Gasteiger partial charge in [0, 0.05) is 0 Å². The third-order valence-electron chi connectivity index (χ3n) is 13.8. The summed E-state index contributed by atoms with van der Waals surface area (Å²) in [6, 6.07) is 28.8. The molecule has 0 unspecified atom stereocenters. The van der Waals surface area contributed by atoms with Crippen molar-refractivity contribution in [3.8, 4) is 0 Å². The van der Waals surface area contributed by atoms with Gasteiger partial charge in [0.2, 0.25) is 0 Å². The van der Waals surface area contributed by atoms with E-state index in [4.69, 9.17) is 13.3 Å². The van der Waals surface area contributed by atoms with Crippen molar-refractivity contribution in [3.05, 3.63) is 91.4 Å². The topological polar surface area (TPSA) is 42.5 Å². The van der Waals surface area contributed by atoms with Crippen molar-refractivity contribution in [2.24, 2.45) is 0 Å². The van der Waals surface area contributed by atoms with Crippen LogP contribution in [0, 0.1) is 0 Å². The van der Waals surface area contributed by atoms with E-state index >= 15 is 0 Å². The van der Waals surface area contributed by atoms with Crippen LogP contribution >= 0.6 is 0 Å². The van der Waals surface area contributed by atoms with Gasteiger partial charge in [0.1, 0.15) is 0 Å². The van der Waals surface area contributed by atoms with Gasteiger partial charge < -0.3 is 0 Å². The standard InChI is InChI=1S/3C16H24NOSi.Bi/c3*1-16(2,3)19(4,5)18-13-12-17-11-10-14-8-6-7-9-15(14)17;/h3*7-11H,12-13H2,1-5H3;. The van der Waals surface area contributed by atoms with Gasteiger partial charge in [-0.2, -0.15) is 0 Å². The van der Waals surface area contributed by atoms with Crippen molar-refractivity contribution in [2.45, 2.75) is 136 Å². The molecular weight excluding hydrogens is 960 g/mol. The van der Waals surface area contributed by atoms with E-state index in [2.05, 4.69) is 207 Å². The first-order chi connectivity index (χ1) is 26.9. The molecule has 0 aliphatic rings. The Morgan fingerprint density at radius 1 is 0.414 bits per heavy atom. The molecule has 0 bridgehead atoms. The maximum atomic E-state index is 6.58. The molecule has 0 spiro atoms. The Hall–Kier alpha value is -2.31. The molecule has 6 rings (SSSR count). The number of aromatic nitrogens is 3. The zero-order valence-electron chi connectivity index (χ0n) is 38.4. The van der Waals surface area contributed by atoms with Gasteiger partial charge >= 0.3 is 364 Å². The van der Waals surface area contributed by atoms with Gasteiger partial charge in [-0.05, 0) is 0 Å². The van der Waals surface area contributed by atoms with Crippen LogP contribution < -0.4 is 9.81 Å². The second-order valence-electron chi connectivity index (χ2n) is 20.9. The SMILES string of the molecule is CC(C)(C)[Si](C)(C)OCCn1ccc2c[c]([Bi]([c]3ccc4c(ccn4CCO[Si](C)(C)C(C)(C)C)c3)[c]3ccc4c(ccn4CCO[Si](C)(C)C(C)(C)C)c3)ccc21. The summed E-state index contributed by atoms with van der Waals surface area (Å²) in [7, 11) is -5.41. The average molecular weight is 1030 g/mol. The summed E-state index contributed by atoms with van der Waals surface area (Å²) >= 11 is -2.79. The summed E-state index contributed by atoms with van der Waals surface area (Å²) in [4.78, 5) is 0. The second kappa shape index (κ2) is 16.9. The zero-order valence-corrected chi connectivity index (χ0v) is 44.9. The van der Waals surface area contributed by atoms with Gasteiger partial charge in [-0.15, -0.1) is 0 Å². The van der Waals surface area contributed by atoms with E-state index in [1.165, 1.54) is 42.5 Å². The van der Waals surface area contributed by atoms with Gasteiger partial charge in [0.05, 0.1) is 0 Å². The van der Waals surface area contributed by atoms with Crippen LogP contribution in [0.1, 0.15) is 62.3 Å². The molecule has 0 N–H and O–H groups in total. The molecule has 10 heteroatoms. The van der Waals surface area contributed by atoms with E-state index in [-0.39, 0.29) is 15.1 Å². The van der Waals surface area contributed by atoms with Crippen LogP contribution in [0.2, 0.25) is 54.4 Å². The minimum atomic E-state index is -2.79. The molecule has 0 atom stereocenters. The Balaban J connectivity index is 1.31. The van der Waals surface area contributed by atoms with Crippen LogP contribution in [0.4, 0.5) is 0 Å². The minimum absolute atomic E-state index is 0.206. The molecule has 6 aromatic rings. The third kappa shape index (κ3) is 9.74. The number of benzene rings is 3. The number of fused-ring (bicyclic) bond motifs is 3. The maximum absolute atomic E-state index is 6.58. The zero-order chi connectivity index (χ0) is 42.5. The molecule has 0 radical (unpaired) electrons. The molecule has 0 saturated carbocycles. The summed E-state index contributed by atoms with van der Waals surface area (Å²) < 4.78 is 31.4. The van der Waals surface area contributed by atoms with Gasteiger partial charge in [0.15, 0.2) is 0 Å². The Bertz CT molecular complexity index is 2090. The summed E-state index contributed by atoms with van der Waals surface area (Å²) in [6.45, 7) is 39.7. The molecule has 0 aliphatic carbocycles. The number of hydrogen-bond donors (Lipinski definition) is 0. The van der Waals surface area contributed by atoms with Crippen LogP contribution in [-0.2, 0) is 32.9 Å². The van der Waals surface area contributed by atoms with Gasteiger partial charge in [0.25, 0.3) is 0 Å². The van der Waals surface area contributed by atoms with Crippen molar-refractivity contribution < 1.29 is 13.3 Å². The average Bonchev–Trinajstić information content (AvgIpc) is 3.83. The van der Waals surface area contributed by atoms with Crippen molar-refractivity contribution >= 4 is 89.2 Å². The van der Waals surface area contributed by atoms with Crippen molar-refractivity contribution in [1.29, 1.82) is 0 Å². The fourth-order valence-electron chi connectivity index (χ4n) is 6.86. The summed E-state index contributed by atoms with van der Waals surface area (Å²) in [5, 5.41) is 4.56. The molecule has 0 saturated heterocycles. The van der Waals surface area contributed by atoms with Crippen molar-refractivity contribution in [3.63, 3.8) is 0 Å². The first kappa shape index (κ1) is 45.2. The monoisotopic (exact) mass is 1030 g/mol. The van der Waals surface area contributed by atoms with Gasteiger partial charge in [-0.1, -0.05) is 0 Å². The first-order valence-corrected chi connectivity index (χ1v) is 35.3. The molecule has 0 fully saturated rings. The van der Waals surface area contributed by atoms with E-state index in [1.807, 2.05) is 0 Å². The van der Waals surface area contributed by atoms with Gasteiger partial charge in [-0.25, -0.2) is 0 Å². The van der Waals surface area contributed by atoms with Crippen molar-refractivity contribution in [2.75, 3.05) is 19.8 Å². The van der Waals surface area contributed by atoms with Crippen LogP contribution in [-0.4, -0.2) is 80.2 Å². The summed E-state index contributed by atoms with van der Waals surface area (Å²) in [5.41, 5.74) is 3.85. The van der Waals surface area contributed by atoms with E-state index in [0.29, 0.717) is 0 Å². The fourth-order valence-corrected chi connectivity index (χ4v) is 19.2. The van der Waals surface area contributed by atoms with Crippen LogP contribution in [0.15, 0.2) is 91.4 Å². The molecule has 314 valence electrons. The van der Waals surface area contributed by atoms with Crippen molar-refractivity contribution in [1.82, 2.24) is 13.7 Å². The first-order valence-electron chi connectivity index (χ1n) is 21.4. The predicted octanol–water partition coefficient (Wildman–Crippen LogP) is 11.1. The molecule has 3 heterocycles. The molecule has 0 aliphatic heterocycles. The van der Waals surface area contributed by atoms with Crippen LogP contribution in [0.25, 0.3) is 32.7 Å². The normalized spacial score (nSPS) is 13.9. The third-order valence-corrected chi connectivity index (χ3v) is 36.7. The number of nitrogens with zero attached hydrogens (tertiary/aromatic N) is 3. The van der Waals surface area contributed by atoms with E-state index in [1.54, 1.807) is 0 Å². The van der Waals surface area contributed by atoms with Gasteiger partial charge in [-0.3, -0.25) is 0 Å². The molecule has 0 amide bonds. The predicted molar refractivity (Wildman–Crippen MR) is 260 cm³/mol. The van der Waals surface area contributed by atoms with E-state index in [0.717, 1.165) is 39.5 Å². The summed E-state index contributed by atoms with van der Waals surface area (Å²) in [6.07, 6.45) is 6.75. The number of rotatable bonds is 15. The molecule has 6 nitrogen and oxygen atoms in total. The molecular formula is C48H72BiN3O3Si3. The quantitative estimate of drug-likeness (QED) is 0.0963. The second-order valence-corrected chi connectivity index (χ2v) is 44.0. The van der Waals surface area contributed by atoms with E-state index in [9.17, 15) is 0 Å². The Morgan fingerprint density at radius 2 is 0.672 bits per heavy atom. The van der Waals surface area contributed by atoms with E-state index < -0.39 is 46.7 Å². The van der Waals surface area contributed by atoms with Crippen LogP contribution in [0.3, 0.4) is 0 Å². The molecule has 58 heavy (non-hydrogen) atoms. The summed E-state index contributed by atoms with van der Waals surface area (Å²) in [5.74, 6) is 0. The van der Waals surface area contributed by atoms with Crippen LogP contribution in [0.5, 0.6) is 0 Å². The Labute approximate surface area is 361 Å². The number of hydrogen-bond acceptors (Lipinski definition) is 3. The molecule has 3 aromatic heterocycles. The Morgan fingerprint density at radius 3 is 0.914 bits per heavy atom. The Kier molecular flexibility index (Phi) is 13.2.